The molecule has 0 saturated heterocycles. The van der Waals surface area contributed by atoms with Crippen LogP contribution in [0, 0.1) is 5.82 Å². The molecule has 1 fully saturated rings. The first-order chi connectivity index (χ1) is 10.6. The fraction of sp³-hybridized carbons (Fsp3) is 0.176. The average molecular weight is 316 g/mol. The number of imide groups is 1. The molecule has 2 atom stereocenters. The van der Waals surface area contributed by atoms with E-state index in [9.17, 15) is 14.0 Å². The van der Waals surface area contributed by atoms with E-state index in [0.29, 0.717) is 28.1 Å². The van der Waals surface area contributed by atoms with Gasteiger partial charge in [0, 0.05) is 22.5 Å². The number of amides is 2. The molecule has 1 aliphatic carbocycles. The van der Waals surface area contributed by atoms with E-state index in [4.69, 9.17) is 11.6 Å². The second-order valence-electron chi connectivity index (χ2n) is 5.57. The molecule has 22 heavy (non-hydrogen) atoms. The van der Waals surface area contributed by atoms with Crippen LogP contribution in [0.1, 0.15) is 38.6 Å². The van der Waals surface area contributed by atoms with Gasteiger partial charge in [-0.15, -0.1) is 0 Å². The van der Waals surface area contributed by atoms with Gasteiger partial charge < -0.3 is 0 Å². The fourth-order valence-electron chi connectivity index (χ4n) is 3.15. The summed E-state index contributed by atoms with van der Waals surface area (Å²) in [6.07, 6.45) is 0.548. The number of hydrogen-bond donors (Lipinski definition) is 0. The minimum absolute atomic E-state index is 0.226. The third kappa shape index (κ3) is 1.80. The highest BCUT2D eigenvalue weighted by Gasteiger charge is 2.52. The molecule has 1 heterocycles. The fourth-order valence-corrected chi connectivity index (χ4v) is 3.45. The largest absolute Gasteiger partial charge is 0.271 e. The molecule has 2 amide bonds. The topological polar surface area (TPSA) is 37.4 Å². The van der Waals surface area contributed by atoms with E-state index in [1.165, 1.54) is 11.0 Å². The maximum Gasteiger partial charge on any atom is 0.261 e. The van der Waals surface area contributed by atoms with Crippen LogP contribution < -0.4 is 0 Å². The summed E-state index contributed by atoms with van der Waals surface area (Å²) in [4.78, 5) is 26.1. The van der Waals surface area contributed by atoms with Crippen LogP contribution >= 0.6 is 11.6 Å². The van der Waals surface area contributed by atoms with Crippen molar-refractivity contribution in [3.63, 3.8) is 0 Å². The van der Waals surface area contributed by atoms with Gasteiger partial charge in [0.25, 0.3) is 11.8 Å². The Morgan fingerprint density at radius 2 is 1.64 bits per heavy atom. The Balaban J connectivity index is 1.67. The van der Waals surface area contributed by atoms with Crippen LogP contribution in [0.2, 0.25) is 5.02 Å². The van der Waals surface area contributed by atoms with Gasteiger partial charge in [0.15, 0.2) is 0 Å². The van der Waals surface area contributed by atoms with Crippen LogP contribution in [0.25, 0.3) is 0 Å². The molecule has 1 saturated carbocycles. The normalized spacial score (nSPS) is 22.9. The molecule has 0 aromatic heterocycles. The summed E-state index contributed by atoms with van der Waals surface area (Å²) >= 11 is 6.07. The van der Waals surface area contributed by atoms with Gasteiger partial charge in [0.1, 0.15) is 5.82 Å². The first-order valence-corrected chi connectivity index (χ1v) is 7.38. The molecule has 4 rings (SSSR count). The zero-order valence-electron chi connectivity index (χ0n) is 11.4. The molecule has 0 bridgehead atoms. The Morgan fingerprint density at radius 1 is 1.00 bits per heavy atom. The Hall–Kier alpha value is -2.20. The lowest BCUT2D eigenvalue weighted by molar-refractivity contribution is 0.0639. The standard InChI is InChI=1S/C17H11ClFNO2/c18-12-6-3-7-13(19)15(12)11-8-14(11)20-16(21)9-4-1-2-5-10(9)17(20)22/h1-7,11,14H,8H2/t11-,14+/m0/s1. The van der Waals surface area contributed by atoms with Crippen LogP contribution in [-0.2, 0) is 0 Å². The molecular formula is C17H11ClFNO2. The number of rotatable bonds is 2. The minimum atomic E-state index is -0.392. The van der Waals surface area contributed by atoms with Gasteiger partial charge in [-0.3, -0.25) is 14.5 Å². The van der Waals surface area contributed by atoms with Crippen molar-refractivity contribution in [1.29, 1.82) is 0 Å². The first kappa shape index (κ1) is 13.5. The lowest BCUT2D eigenvalue weighted by Gasteiger charge is -2.14. The van der Waals surface area contributed by atoms with Gasteiger partial charge >= 0.3 is 0 Å². The third-order valence-corrected chi connectivity index (χ3v) is 4.61. The molecule has 0 radical (unpaired) electrons. The van der Waals surface area contributed by atoms with Crippen LogP contribution in [0.5, 0.6) is 0 Å². The highest BCUT2D eigenvalue weighted by atomic mass is 35.5. The number of halogens is 2. The summed E-state index contributed by atoms with van der Waals surface area (Å²) in [6.45, 7) is 0. The molecular weight excluding hydrogens is 305 g/mol. The number of carbonyl (C=O) groups excluding carboxylic acids is 2. The number of hydrogen-bond acceptors (Lipinski definition) is 2. The maximum atomic E-state index is 14.0. The zero-order valence-corrected chi connectivity index (χ0v) is 12.2. The summed E-state index contributed by atoms with van der Waals surface area (Å²) < 4.78 is 14.0. The van der Waals surface area contributed by atoms with E-state index in [1.807, 2.05) is 0 Å². The van der Waals surface area contributed by atoms with Crippen LogP contribution in [0.3, 0.4) is 0 Å². The van der Waals surface area contributed by atoms with E-state index in [0.717, 1.165) is 0 Å². The number of benzene rings is 2. The Bertz CT molecular complexity index is 765. The van der Waals surface area contributed by atoms with Crippen LogP contribution in [0.4, 0.5) is 4.39 Å². The summed E-state index contributed by atoms with van der Waals surface area (Å²) in [5.41, 5.74) is 1.22. The molecule has 110 valence electrons. The van der Waals surface area contributed by atoms with Crippen molar-refractivity contribution < 1.29 is 14.0 Å². The van der Waals surface area contributed by atoms with Gasteiger partial charge in [-0.2, -0.15) is 0 Å². The van der Waals surface area contributed by atoms with E-state index < -0.39 is 5.82 Å². The highest BCUT2D eigenvalue weighted by Crippen LogP contribution is 2.49. The second kappa shape index (κ2) is 4.65. The van der Waals surface area contributed by atoms with Crippen molar-refractivity contribution in [2.45, 2.75) is 18.4 Å². The molecule has 0 N–H and O–H groups in total. The molecule has 1 aliphatic heterocycles. The van der Waals surface area contributed by atoms with Gasteiger partial charge in [0.05, 0.1) is 11.1 Å². The van der Waals surface area contributed by atoms with E-state index in [2.05, 4.69) is 0 Å². The third-order valence-electron chi connectivity index (χ3n) is 4.28. The SMILES string of the molecule is O=C1c2ccccc2C(=O)N1[C@@H]1C[C@@H]1c1c(F)cccc1Cl. The van der Waals surface area contributed by atoms with Gasteiger partial charge in [0.2, 0.25) is 0 Å². The van der Waals surface area contributed by atoms with Crippen LogP contribution in [-0.4, -0.2) is 22.8 Å². The Kier molecular flexibility index (Phi) is 2.84. The molecule has 2 aromatic carbocycles. The minimum Gasteiger partial charge on any atom is -0.271 e. The molecule has 5 heteroatoms. The smallest absolute Gasteiger partial charge is 0.261 e. The molecule has 2 aromatic rings. The summed E-state index contributed by atoms with van der Waals surface area (Å²) in [6, 6.07) is 10.9. The number of carbonyl (C=O) groups is 2. The van der Waals surface area contributed by atoms with Crippen molar-refractivity contribution in [1.82, 2.24) is 4.90 Å². The maximum absolute atomic E-state index is 14.0. The Morgan fingerprint density at radius 3 is 2.23 bits per heavy atom. The lowest BCUT2D eigenvalue weighted by atomic mass is 10.1. The monoisotopic (exact) mass is 315 g/mol. The van der Waals surface area contributed by atoms with Crippen molar-refractivity contribution in [2.24, 2.45) is 0 Å². The predicted molar refractivity (Wildman–Crippen MR) is 79.5 cm³/mol. The van der Waals surface area contributed by atoms with Gasteiger partial charge in [-0.05, 0) is 30.7 Å². The van der Waals surface area contributed by atoms with Crippen molar-refractivity contribution in [2.75, 3.05) is 0 Å². The summed E-state index contributed by atoms with van der Waals surface area (Å²) in [7, 11) is 0. The molecule has 2 aliphatic rings. The van der Waals surface area contributed by atoms with Crippen molar-refractivity contribution >= 4 is 23.4 Å². The number of fused-ring (bicyclic) bond motifs is 1. The van der Waals surface area contributed by atoms with Gasteiger partial charge in [-0.1, -0.05) is 29.8 Å². The zero-order chi connectivity index (χ0) is 15.4. The molecule has 0 spiro atoms. The first-order valence-electron chi connectivity index (χ1n) is 7.00. The van der Waals surface area contributed by atoms with E-state index in [1.54, 1.807) is 36.4 Å². The van der Waals surface area contributed by atoms with Crippen molar-refractivity contribution in [3.05, 3.63) is 70.0 Å². The predicted octanol–water partition coefficient (Wildman–Crippen LogP) is 3.63. The summed E-state index contributed by atoms with van der Waals surface area (Å²) in [5.74, 6) is -1.23. The van der Waals surface area contributed by atoms with E-state index >= 15 is 0 Å². The number of nitrogens with zero attached hydrogens (tertiary/aromatic N) is 1. The second-order valence-corrected chi connectivity index (χ2v) is 5.98. The van der Waals surface area contributed by atoms with Gasteiger partial charge in [-0.25, -0.2) is 4.39 Å². The average Bonchev–Trinajstić information content (AvgIpc) is 3.22. The van der Waals surface area contributed by atoms with E-state index in [-0.39, 0.29) is 23.8 Å². The summed E-state index contributed by atoms with van der Waals surface area (Å²) in [5, 5.41) is 0.337. The highest BCUT2D eigenvalue weighted by molar-refractivity contribution is 6.31. The Labute approximate surface area is 131 Å². The van der Waals surface area contributed by atoms with Crippen molar-refractivity contribution in [3.8, 4) is 0 Å². The molecule has 0 unspecified atom stereocenters. The quantitative estimate of drug-likeness (QED) is 0.794. The lowest BCUT2D eigenvalue weighted by Crippen LogP contribution is -2.32. The van der Waals surface area contributed by atoms with Crippen LogP contribution in [0.15, 0.2) is 42.5 Å². The molecule has 3 nitrogen and oxygen atoms in total.